The van der Waals surface area contributed by atoms with E-state index < -0.39 is 5.12 Å². The van der Waals surface area contributed by atoms with E-state index >= 15 is 0 Å². The van der Waals surface area contributed by atoms with Gasteiger partial charge in [-0.1, -0.05) is 43.6 Å². The number of aryl methyl sites for hydroxylation is 1. The van der Waals surface area contributed by atoms with E-state index in [1.165, 1.54) is 11.1 Å². The molecule has 0 aliphatic carbocycles. The standard InChI is InChI=1S/C11H17ClN2/c1-3-8-6-5-7-10(9(8)4-2)11(12,13)14/h5-7H,3-4,13-14H2,1-2H3. The summed E-state index contributed by atoms with van der Waals surface area (Å²) in [7, 11) is 0. The summed E-state index contributed by atoms with van der Waals surface area (Å²) in [6.07, 6.45) is 1.88. The van der Waals surface area contributed by atoms with Gasteiger partial charge in [-0.15, -0.1) is 0 Å². The summed E-state index contributed by atoms with van der Waals surface area (Å²) in [4.78, 5) is 0. The molecular weight excluding hydrogens is 196 g/mol. The Bertz CT molecular complexity index is 316. The van der Waals surface area contributed by atoms with E-state index in [9.17, 15) is 0 Å². The molecule has 4 N–H and O–H groups in total. The molecule has 0 aliphatic rings. The third-order valence-electron chi connectivity index (χ3n) is 2.42. The minimum atomic E-state index is -1.25. The van der Waals surface area contributed by atoms with Crippen LogP contribution in [-0.2, 0) is 18.0 Å². The van der Waals surface area contributed by atoms with Crippen molar-refractivity contribution in [2.75, 3.05) is 0 Å². The van der Waals surface area contributed by atoms with Gasteiger partial charge in [-0.05, 0) is 24.0 Å². The first-order valence-corrected chi connectivity index (χ1v) is 5.26. The van der Waals surface area contributed by atoms with Crippen LogP contribution in [0.3, 0.4) is 0 Å². The fourth-order valence-corrected chi connectivity index (χ4v) is 1.92. The molecule has 0 aromatic heterocycles. The molecule has 1 aromatic carbocycles. The Morgan fingerprint density at radius 1 is 1.21 bits per heavy atom. The lowest BCUT2D eigenvalue weighted by Crippen LogP contribution is -2.41. The van der Waals surface area contributed by atoms with Gasteiger partial charge in [0.1, 0.15) is 0 Å². The number of hydrogen-bond donors (Lipinski definition) is 2. The highest BCUT2D eigenvalue weighted by atomic mass is 35.5. The highest BCUT2D eigenvalue weighted by Gasteiger charge is 2.21. The monoisotopic (exact) mass is 212 g/mol. The second kappa shape index (κ2) is 4.30. The van der Waals surface area contributed by atoms with E-state index in [4.69, 9.17) is 23.1 Å². The molecule has 2 nitrogen and oxygen atoms in total. The number of nitrogens with two attached hydrogens (primary N) is 2. The van der Waals surface area contributed by atoms with Gasteiger partial charge in [-0.25, -0.2) is 0 Å². The van der Waals surface area contributed by atoms with Crippen LogP contribution in [0.25, 0.3) is 0 Å². The molecule has 1 aromatic rings. The van der Waals surface area contributed by atoms with Gasteiger partial charge in [-0.2, -0.15) is 0 Å². The van der Waals surface area contributed by atoms with Crippen LogP contribution in [0.1, 0.15) is 30.5 Å². The summed E-state index contributed by atoms with van der Waals surface area (Å²) in [6.45, 7) is 4.20. The summed E-state index contributed by atoms with van der Waals surface area (Å²) < 4.78 is 0. The first kappa shape index (κ1) is 11.5. The topological polar surface area (TPSA) is 52.0 Å². The Morgan fingerprint density at radius 3 is 2.29 bits per heavy atom. The van der Waals surface area contributed by atoms with Crippen molar-refractivity contribution in [1.82, 2.24) is 0 Å². The van der Waals surface area contributed by atoms with Crippen LogP contribution < -0.4 is 11.5 Å². The molecule has 0 heterocycles. The molecule has 0 fully saturated rings. The van der Waals surface area contributed by atoms with Crippen molar-refractivity contribution >= 4 is 11.6 Å². The number of alkyl halides is 1. The summed E-state index contributed by atoms with van der Waals surface area (Å²) in [5, 5.41) is -1.25. The van der Waals surface area contributed by atoms with E-state index in [-0.39, 0.29) is 0 Å². The number of hydrogen-bond acceptors (Lipinski definition) is 2. The Balaban J connectivity index is 3.29. The average molecular weight is 213 g/mol. The van der Waals surface area contributed by atoms with Gasteiger partial charge in [-0.3, -0.25) is 11.5 Å². The molecule has 14 heavy (non-hydrogen) atoms. The zero-order chi connectivity index (χ0) is 10.8. The minimum Gasteiger partial charge on any atom is -0.297 e. The number of rotatable bonds is 3. The van der Waals surface area contributed by atoms with Crippen molar-refractivity contribution in [1.29, 1.82) is 0 Å². The molecule has 1 rings (SSSR count). The maximum atomic E-state index is 5.93. The first-order chi connectivity index (χ1) is 6.50. The molecule has 3 heteroatoms. The van der Waals surface area contributed by atoms with Crippen molar-refractivity contribution in [3.05, 3.63) is 34.9 Å². The van der Waals surface area contributed by atoms with Gasteiger partial charge in [0.25, 0.3) is 0 Å². The lowest BCUT2D eigenvalue weighted by Gasteiger charge is -2.21. The molecule has 0 radical (unpaired) electrons. The fourth-order valence-electron chi connectivity index (χ4n) is 1.74. The maximum Gasteiger partial charge on any atom is 0.168 e. The van der Waals surface area contributed by atoms with E-state index in [1.54, 1.807) is 0 Å². The fraction of sp³-hybridized carbons (Fsp3) is 0.455. The molecule has 0 amide bonds. The molecule has 0 atom stereocenters. The molecule has 0 unspecified atom stereocenters. The van der Waals surface area contributed by atoms with E-state index in [2.05, 4.69) is 19.9 Å². The van der Waals surface area contributed by atoms with E-state index in [0.29, 0.717) is 0 Å². The third kappa shape index (κ3) is 2.27. The van der Waals surface area contributed by atoms with Crippen molar-refractivity contribution in [2.45, 2.75) is 31.8 Å². The summed E-state index contributed by atoms with van der Waals surface area (Å²) >= 11 is 5.93. The molecule has 0 bridgehead atoms. The van der Waals surface area contributed by atoms with Crippen LogP contribution in [-0.4, -0.2) is 0 Å². The largest absolute Gasteiger partial charge is 0.297 e. The Hall–Kier alpha value is -0.570. The normalized spacial score (nSPS) is 11.8. The van der Waals surface area contributed by atoms with Gasteiger partial charge >= 0.3 is 0 Å². The van der Waals surface area contributed by atoms with Crippen LogP contribution in [0.5, 0.6) is 0 Å². The summed E-state index contributed by atoms with van der Waals surface area (Å²) in [5.41, 5.74) is 14.7. The second-order valence-corrected chi connectivity index (χ2v) is 4.04. The van der Waals surface area contributed by atoms with Gasteiger partial charge < -0.3 is 0 Å². The molecule has 0 spiro atoms. The van der Waals surface area contributed by atoms with Gasteiger partial charge in [0.05, 0.1) is 0 Å². The lowest BCUT2D eigenvalue weighted by molar-refractivity contribution is 0.668. The van der Waals surface area contributed by atoms with Gasteiger partial charge in [0.15, 0.2) is 5.12 Å². The average Bonchev–Trinajstić information content (AvgIpc) is 2.15. The lowest BCUT2D eigenvalue weighted by atomic mass is 9.95. The van der Waals surface area contributed by atoms with Crippen molar-refractivity contribution in [2.24, 2.45) is 11.5 Å². The van der Waals surface area contributed by atoms with Crippen molar-refractivity contribution in [3.63, 3.8) is 0 Å². The number of benzene rings is 1. The Morgan fingerprint density at radius 2 is 1.86 bits per heavy atom. The maximum absolute atomic E-state index is 5.93. The third-order valence-corrected chi connectivity index (χ3v) is 2.62. The predicted molar refractivity (Wildman–Crippen MR) is 61.1 cm³/mol. The molecule has 0 saturated heterocycles. The van der Waals surface area contributed by atoms with Crippen LogP contribution in [0, 0.1) is 0 Å². The van der Waals surface area contributed by atoms with Gasteiger partial charge in [0, 0.05) is 5.56 Å². The Labute approximate surface area is 90.2 Å². The summed E-state index contributed by atoms with van der Waals surface area (Å²) in [6, 6.07) is 5.93. The van der Waals surface area contributed by atoms with Crippen LogP contribution in [0.4, 0.5) is 0 Å². The van der Waals surface area contributed by atoms with Crippen LogP contribution >= 0.6 is 11.6 Å². The van der Waals surface area contributed by atoms with E-state index in [1.807, 2.05) is 12.1 Å². The SMILES string of the molecule is CCc1cccc(C(N)(N)Cl)c1CC. The Kier molecular flexibility index (Phi) is 3.53. The molecule has 0 saturated carbocycles. The second-order valence-electron chi connectivity index (χ2n) is 3.42. The highest BCUT2D eigenvalue weighted by Crippen LogP contribution is 2.25. The highest BCUT2D eigenvalue weighted by molar-refractivity contribution is 6.23. The van der Waals surface area contributed by atoms with E-state index in [0.717, 1.165) is 18.4 Å². The quantitative estimate of drug-likeness (QED) is 0.458. The zero-order valence-electron chi connectivity index (χ0n) is 8.68. The molecular formula is C11H17ClN2. The first-order valence-electron chi connectivity index (χ1n) is 4.88. The van der Waals surface area contributed by atoms with Crippen molar-refractivity contribution in [3.8, 4) is 0 Å². The molecule has 78 valence electrons. The smallest absolute Gasteiger partial charge is 0.168 e. The minimum absolute atomic E-state index is 0.834. The molecule has 0 aliphatic heterocycles. The van der Waals surface area contributed by atoms with Crippen molar-refractivity contribution < 1.29 is 0 Å². The van der Waals surface area contributed by atoms with Crippen LogP contribution in [0.2, 0.25) is 0 Å². The zero-order valence-corrected chi connectivity index (χ0v) is 9.43. The number of halogens is 1. The van der Waals surface area contributed by atoms with Crippen LogP contribution in [0.15, 0.2) is 18.2 Å². The summed E-state index contributed by atoms with van der Waals surface area (Å²) in [5.74, 6) is 0. The van der Waals surface area contributed by atoms with Gasteiger partial charge in [0.2, 0.25) is 0 Å². The predicted octanol–water partition coefficient (Wildman–Crippen LogP) is 2.08.